The Bertz CT molecular complexity index is 1090. The summed E-state index contributed by atoms with van der Waals surface area (Å²) >= 11 is 0. The fraction of sp³-hybridized carbons (Fsp3) is 0.200. The molecule has 0 bridgehead atoms. The molecule has 1 aromatic heterocycles. The van der Waals surface area contributed by atoms with Gasteiger partial charge in [0.05, 0.1) is 6.04 Å². The molecule has 3 aromatic rings. The van der Waals surface area contributed by atoms with Gasteiger partial charge in [-0.1, -0.05) is 42.5 Å². The van der Waals surface area contributed by atoms with Crippen molar-refractivity contribution >= 4 is 23.5 Å². The highest BCUT2D eigenvalue weighted by atomic mass is 16.6. The summed E-state index contributed by atoms with van der Waals surface area (Å²) in [6.45, 7) is 0.648. The van der Waals surface area contributed by atoms with Crippen LogP contribution in [0.5, 0.6) is 0 Å². The highest BCUT2D eigenvalue weighted by Gasteiger charge is 2.35. The van der Waals surface area contributed by atoms with Crippen LogP contribution in [-0.4, -0.2) is 40.3 Å². The number of pyridine rings is 1. The average Bonchev–Trinajstić information content (AvgIpc) is 3.33. The van der Waals surface area contributed by atoms with E-state index in [-0.39, 0.29) is 18.3 Å². The highest BCUT2D eigenvalue weighted by molar-refractivity contribution is 6.06. The van der Waals surface area contributed by atoms with Crippen molar-refractivity contribution in [1.29, 1.82) is 0 Å². The Labute approximate surface area is 186 Å². The van der Waals surface area contributed by atoms with Crippen LogP contribution in [-0.2, 0) is 11.3 Å². The number of carbonyl (C=O) groups is 3. The van der Waals surface area contributed by atoms with Gasteiger partial charge in [0.25, 0.3) is 5.91 Å². The molecule has 7 heteroatoms. The Morgan fingerprint density at radius 2 is 1.62 bits per heavy atom. The first-order valence-electron chi connectivity index (χ1n) is 10.4. The predicted molar refractivity (Wildman–Crippen MR) is 119 cm³/mol. The molecule has 1 aliphatic heterocycles. The third-order valence-electron chi connectivity index (χ3n) is 5.36. The third kappa shape index (κ3) is 5.00. The first-order chi connectivity index (χ1) is 15.6. The number of amides is 2. The summed E-state index contributed by atoms with van der Waals surface area (Å²) in [5, 5.41) is 2.78. The first-order valence-corrected chi connectivity index (χ1v) is 10.4. The van der Waals surface area contributed by atoms with E-state index in [1.54, 1.807) is 48.8 Å². The van der Waals surface area contributed by atoms with Gasteiger partial charge in [0.15, 0.2) is 5.78 Å². The molecule has 1 unspecified atom stereocenters. The minimum Gasteiger partial charge on any atom is -0.445 e. The second kappa shape index (κ2) is 9.87. The van der Waals surface area contributed by atoms with Crippen molar-refractivity contribution in [2.75, 3.05) is 11.9 Å². The van der Waals surface area contributed by atoms with Crippen molar-refractivity contribution in [1.82, 2.24) is 9.88 Å². The smallest absolute Gasteiger partial charge is 0.410 e. The highest BCUT2D eigenvalue weighted by Crippen LogP contribution is 2.23. The van der Waals surface area contributed by atoms with Crippen molar-refractivity contribution in [2.24, 2.45) is 0 Å². The lowest BCUT2D eigenvalue weighted by molar-refractivity contribution is 0.0738. The van der Waals surface area contributed by atoms with Crippen molar-refractivity contribution in [2.45, 2.75) is 25.5 Å². The lowest BCUT2D eigenvalue weighted by Crippen LogP contribution is -2.40. The normalized spacial score (nSPS) is 15.2. The minimum atomic E-state index is -0.560. The lowest BCUT2D eigenvalue weighted by Gasteiger charge is -2.23. The molecular formula is C25H23N3O4. The van der Waals surface area contributed by atoms with Gasteiger partial charge in [-0.25, -0.2) is 4.79 Å². The van der Waals surface area contributed by atoms with Crippen molar-refractivity contribution < 1.29 is 19.1 Å². The van der Waals surface area contributed by atoms with E-state index < -0.39 is 12.1 Å². The molecular weight excluding hydrogens is 406 g/mol. The number of hydrogen-bond acceptors (Lipinski definition) is 5. The molecule has 2 heterocycles. The van der Waals surface area contributed by atoms with Gasteiger partial charge in [-0.15, -0.1) is 0 Å². The number of anilines is 1. The van der Waals surface area contributed by atoms with Gasteiger partial charge >= 0.3 is 6.09 Å². The summed E-state index contributed by atoms with van der Waals surface area (Å²) in [6, 6.07) is 18.7. The lowest BCUT2D eigenvalue weighted by atomic mass is 10.0. The number of carbonyl (C=O) groups excluding carboxylic acids is 3. The predicted octanol–water partition coefficient (Wildman–Crippen LogP) is 4.32. The molecule has 7 nitrogen and oxygen atoms in total. The van der Waals surface area contributed by atoms with E-state index in [2.05, 4.69) is 10.3 Å². The van der Waals surface area contributed by atoms with Gasteiger partial charge < -0.3 is 10.1 Å². The summed E-state index contributed by atoms with van der Waals surface area (Å²) in [5.74, 6) is -0.428. The molecule has 0 saturated carbocycles. The molecule has 0 spiro atoms. The van der Waals surface area contributed by atoms with Gasteiger partial charge in [-0.3, -0.25) is 19.5 Å². The molecule has 1 aliphatic rings. The number of ketones is 1. The molecule has 1 N–H and O–H groups in total. The first kappa shape index (κ1) is 21.2. The Hall–Kier alpha value is -4.00. The van der Waals surface area contributed by atoms with E-state index in [1.807, 2.05) is 30.3 Å². The van der Waals surface area contributed by atoms with Crippen LogP contribution in [0.25, 0.3) is 0 Å². The maximum Gasteiger partial charge on any atom is 0.410 e. The van der Waals surface area contributed by atoms with E-state index in [1.165, 1.54) is 4.90 Å². The summed E-state index contributed by atoms with van der Waals surface area (Å²) in [5.41, 5.74) is 2.42. The number of likely N-dealkylation sites (tertiary alicyclic amines) is 1. The SMILES string of the molecule is O=C(Nc1ccncc1)c1ccc(C(=O)C2CCCN2C(=O)OCc2ccccc2)cc1. The van der Waals surface area contributed by atoms with Crippen LogP contribution in [0, 0.1) is 0 Å². The summed E-state index contributed by atoms with van der Waals surface area (Å²) in [7, 11) is 0. The van der Waals surface area contributed by atoms with Crippen LogP contribution >= 0.6 is 0 Å². The summed E-state index contributed by atoms with van der Waals surface area (Å²) in [6.07, 6.45) is 4.02. The fourth-order valence-corrected chi connectivity index (χ4v) is 3.68. The van der Waals surface area contributed by atoms with Crippen LogP contribution in [0.3, 0.4) is 0 Å². The molecule has 32 heavy (non-hydrogen) atoms. The largest absolute Gasteiger partial charge is 0.445 e. The molecule has 1 fully saturated rings. The zero-order valence-corrected chi connectivity index (χ0v) is 17.4. The van der Waals surface area contributed by atoms with Gasteiger partial charge in [0, 0.05) is 35.8 Å². The molecule has 1 saturated heterocycles. The van der Waals surface area contributed by atoms with E-state index in [0.29, 0.717) is 29.8 Å². The Morgan fingerprint density at radius 1 is 0.938 bits per heavy atom. The second-order valence-electron chi connectivity index (χ2n) is 7.52. The van der Waals surface area contributed by atoms with Crippen molar-refractivity contribution in [3.05, 3.63) is 95.8 Å². The molecule has 2 amide bonds. The minimum absolute atomic E-state index is 0.153. The maximum atomic E-state index is 13.1. The quantitative estimate of drug-likeness (QED) is 0.590. The summed E-state index contributed by atoms with van der Waals surface area (Å²) < 4.78 is 5.41. The number of benzene rings is 2. The van der Waals surface area contributed by atoms with Crippen molar-refractivity contribution in [3.8, 4) is 0 Å². The fourth-order valence-electron chi connectivity index (χ4n) is 3.68. The third-order valence-corrected chi connectivity index (χ3v) is 5.36. The van der Waals surface area contributed by atoms with E-state index in [9.17, 15) is 14.4 Å². The van der Waals surface area contributed by atoms with Gasteiger partial charge in [-0.05, 0) is 42.7 Å². The number of aromatic nitrogens is 1. The standard InChI is InChI=1S/C25H23N3O4/c29-23(19-8-10-20(11-9-19)24(30)27-21-12-14-26-15-13-21)22-7-4-16-28(22)25(31)32-17-18-5-2-1-3-6-18/h1-3,5-6,8-15,22H,4,7,16-17H2,(H,26,27,30). The van der Waals surface area contributed by atoms with Gasteiger partial charge in [-0.2, -0.15) is 0 Å². The molecule has 4 rings (SSSR count). The molecule has 1 atom stereocenters. The number of nitrogens with zero attached hydrogens (tertiary/aromatic N) is 2. The zero-order chi connectivity index (χ0) is 22.3. The second-order valence-corrected chi connectivity index (χ2v) is 7.52. The van der Waals surface area contributed by atoms with E-state index in [0.717, 1.165) is 12.0 Å². The number of rotatable bonds is 6. The van der Waals surface area contributed by atoms with Crippen LogP contribution < -0.4 is 5.32 Å². The topological polar surface area (TPSA) is 88.6 Å². The maximum absolute atomic E-state index is 13.1. The molecule has 0 radical (unpaired) electrons. The molecule has 0 aliphatic carbocycles. The van der Waals surface area contributed by atoms with Crippen LogP contribution in [0.1, 0.15) is 39.1 Å². The Balaban J connectivity index is 1.38. The number of ether oxygens (including phenoxy) is 1. The Kier molecular flexibility index (Phi) is 6.55. The van der Waals surface area contributed by atoms with Crippen LogP contribution in [0.2, 0.25) is 0 Å². The number of hydrogen-bond donors (Lipinski definition) is 1. The number of nitrogens with one attached hydrogen (secondary N) is 1. The Morgan fingerprint density at radius 3 is 2.34 bits per heavy atom. The zero-order valence-electron chi connectivity index (χ0n) is 17.4. The summed E-state index contributed by atoms with van der Waals surface area (Å²) in [4.78, 5) is 43.4. The van der Waals surface area contributed by atoms with Gasteiger partial charge in [0.1, 0.15) is 6.61 Å². The van der Waals surface area contributed by atoms with Gasteiger partial charge in [0.2, 0.25) is 0 Å². The van der Waals surface area contributed by atoms with Crippen LogP contribution in [0.15, 0.2) is 79.1 Å². The monoisotopic (exact) mass is 429 g/mol. The van der Waals surface area contributed by atoms with Crippen molar-refractivity contribution in [3.63, 3.8) is 0 Å². The van der Waals surface area contributed by atoms with Crippen LogP contribution in [0.4, 0.5) is 10.5 Å². The van der Waals surface area contributed by atoms with E-state index >= 15 is 0 Å². The average molecular weight is 429 g/mol. The number of Topliss-reactive ketones (excluding diaryl/α,β-unsaturated/α-hetero) is 1. The molecule has 2 aromatic carbocycles. The van der Waals surface area contributed by atoms with E-state index in [4.69, 9.17) is 4.74 Å². The molecule has 162 valence electrons.